The fraction of sp³-hybridized carbons (Fsp3) is 0.487. The number of halogens is 2. The van der Waals surface area contributed by atoms with Crippen molar-refractivity contribution in [3.05, 3.63) is 53.1 Å². The number of ether oxygens (including phenoxy) is 1. The molecule has 4 atom stereocenters. The van der Waals surface area contributed by atoms with Gasteiger partial charge in [-0.15, -0.1) is 0 Å². The Kier molecular flexibility index (Phi) is 7.48. The van der Waals surface area contributed by atoms with E-state index in [0.29, 0.717) is 84.4 Å². The molecule has 0 radical (unpaired) electrons. The lowest BCUT2D eigenvalue weighted by atomic mass is 9.89. The van der Waals surface area contributed by atoms with Crippen molar-refractivity contribution >= 4 is 33.3 Å². The van der Waals surface area contributed by atoms with Gasteiger partial charge < -0.3 is 20.1 Å². The number of piperazine rings is 1. The number of hydrogen-bond donors (Lipinski definition) is 2. The standard InChI is InChI=1S/C39H40F2N6O3/c1-2-29-32(40)8-3-21-11-27(48)15-30(33(21)29)34-22(16-42)12-31-36(35(34)41)44-38(45-37(31)46-17-23-4-5-24(18-46)43-23)50-20-39(9-10-39)19-47-25-6-7-26(47)14-28(49)13-25/h3,8,11-12,15,23-26,43,48H,2,4-7,9-10,13-14,17-20H2,1H3. The van der Waals surface area contributed by atoms with Gasteiger partial charge in [-0.25, -0.2) is 8.78 Å². The van der Waals surface area contributed by atoms with Gasteiger partial charge in [0.15, 0.2) is 5.82 Å². The molecule has 4 aromatic rings. The molecule has 0 amide bonds. The number of Topliss-reactive ketones (excluding diaryl/α,β-unsaturated/α-hetero) is 1. The molecule has 1 aliphatic carbocycles. The number of rotatable bonds is 8. The maximum absolute atomic E-state index is 17.3. The van der Waals surface area contributed by atoms with Gasteiger partial charge in [0.05, 0.1) is 18.2 Å². The van der Waals surface area contributed by atoms with Gasteiger partial charge in [-0.2, -0.15) is 15.2 Å². The molecule has 1 saturated carbocycles. The highest BCUT2D eigenvalue weighted by Gasteiger charge is 2.50. The molecule has 4 saturated heterocycles. The first-order valence-electron chi connectivity index (χ1n) is 18.0. The van der Waals surface area contributed by atoms with Crippen LogP contribution in [0.15, 0.2) is 30.3 Å². The first kappa shape index (κ1) is 31.6. The van der Waals surface area contributed by atoms with Crippen LogP contribution in [0, 0.1) is 28.4 Å². The number of nitrogens with one attached hydrogen (secondary N) is 1. The highest BCUT2D eigenvalue weighted by molar-refractivity contribution is 6.04. The molecule has 4 unspecified atom stereocenters. The van der Waals surface area contributed by atoms with Gasteiger partial charge in [-0.3, -0.25) is 9.69 Å². The van der Waals surface area contributed by atoms with Crippen molar-refractivity contribution in [2.75, 3.05) is 31.1 Å². The predicted molar refractivity (Wildman–Crippen MR) is 185 cm³/mol. The summed E-state index contributed by atoms with van der Waals surface area (Å²) in [6, 6.07) is 10.9. The van der Waals surface area contributed by atoms with Crippen molar-refractivity contribution in [2.24, 2.45) is 5.41 Å². The second-order valence-electron chi connectivity index (χ2n) is 15.3. The second kappa shape index (κ2) is 11.8. The Morgan fingerprint density at radius 2 is 1.80 bits per heavy atom. The molecule has 0 spiro atoms. The predicted octanol–water partition coefficient (Wildman–Crippen LogP) is 6.16. The lowest BCUT2D eigenvalue weighted by Crippen LogP contribution is -2.51. The van der Waals surface area contributed by atoms with Crippen molar-refractivity contribution in [3.8, 4) is 29.0 Å². The Balaban J connectivity index is 1.15. The number of piperidine rings is 1. The third kappa shape index (κ3) is 5.26. The first-order valence-corrected chi connectivity index (χ1v) is 18.0. The molecule has 2 N–H and O–H groups in total. The SMILES string of the molecule is CCc1c(F)ccc2cc(O)cc(-c3c(C#N)cc4c(N5CC6CCC(C5)N6)nc(OCC5(CN6C7CCC6CC(=O)C7)CC5)nc4c3F)c12. The fourth-order valence-electron chi connectivity index (χ4n) is 9.31. The largest absolute Gasteiger partial charge is 0.508 e. The molecule has 5 heterocycles. The summed E-state index contributed by atoms with van der Waals surface area (Å²) in [5.74, 6) is -0.389. The van der Waals surface area contributed by atoms with Crippen molar-refractivity contribution in [1.82, 2.24) is 20.2 Å². The van der Waals surface area contributed by atoms with Gasteiger partial charge >= 0.3 is 6.01 Å². The minimum Gasteiger partial charge on any atom is -0.508 e. The number of phenolic OH excluding ortho intramolecular Hbond substituents is 1. The van der Waals surface area contributed by atoms with Crippen LogP contribution in [0.2, 0.25) is 0 Å². The molecule has 1 aromatic heterocycles. The van der Waals surface area contributed by atoms with Crippen molar-refractivity contribution < 1.29 is 23.4 Å². The average Bonchev–Trinajstić information content (AvgIpc) is 3.74. The molecular weight excluding hydrogens is 638 g/mol. The van der Waals surface area contributed by atoms with Gasteiger partial charge in [0.1, 0.15) is 28.7 Å². The van der Waals surface area contributed by atoms with Gasteiger partial charge in [0, 0.05) is 73.0 Å². The van der Waals surface area contributed by atoms with Gasteiger partial charge in [0.2, 0.25) is 0 Å². The molecule has 5 aliphatic rings. The lowest BCUT2D eigenvalue weighted by molar-refractivity contribution is -0.124. The number of fused-ring (bicyclic) bond motifs is 6. The Bertz CT molecular complexity index is 2080. The number of aromatic hydroxyl groups is 1. The first-order chi connectivity index (χ1) is 24.2. The van der Waals surface area contributed by atoms with Crippen LogP contribution in [0.4, 0.5) is 14.6 Å². The number of ketones is 1. The van der Waals surface area contributed by atoms with Crippen LogP contribution in [0.5, 0.6) is 11.8 Å². The molecule has 5 fully saturated rings. The molecule has 258 valence electrons. The highest BCUT2D eigenvalue weighted by atomic mass is 19.1. The van der Waals surface area contributed by atoms with Crippen LogP contribution in [-0.2, 0) is 11.2 Å². The Morgan fingerprint density at radius 3 is 2.48 bits per heavy atom. The van der Waals surface area contributed by atoms with E-state index in [2.05, 4.69) is 26.2 Å². The molecule has 3 aromatic carbocycles. The minimum absolute atomic E-state index is 0.0215. The third-order valence-corrected chi connectivity index (χ3v) is 12.0. The second-order valence-corrected chi connectivity index (χ2v) is 15.3. The number of aryl methyl sites for hydroxylation is 1. The lowest BCUT2D eigenvalue weighted by Gasteiger charge is -2.36. The van der Waals surface area contributed by atoms with E-state index in [-0.39, 0.29) is 51.5 Å². The van der Waals surface area contributed by atoms with Crippen LogP contribution in [0.3, 0.4) is 0 Å². The molecule has 9 rings (SSSR count). The molecular formula is C39H40F2N6O3. The smallest absolute Gasteiger partial charge is 0.319 e. The van der Waals surface area contributed by atoms with Crippen LogP contribution < -0.4 is 15.0 Å². The van der Waals surface area contributed by atoms with E-state index in [1.165, 1.54) is 18.2 Å². The summed E-state index contributed by atoms with van der Waals surface area (Å²) in [4.78, 5) is 26.5. The van der Waals surface area contributed by atoms with E-state index in [1.807, 2.05) is 6.92 Å². The zero-order chi connectivity index (χ0) is 34.3. The Labute approximate surface area is 289 Å². The Hall–Kier alpha value is -4.40. The number of carbonyl (C=O) groups excluding carboxylic acids is 1. The van der Waals surface area contributed by atoms with Gasteiger partial charge in [-0.05, 0) is 91.1 Å². The summed E-state index contributed by atoms with van der Waals surface area (Å²) in [5.41, 5.74) is 0.590. The molecule has 9 nitrogen and oxygen atoms in total. The minimum atomic E-state index is -0.737. The van der Waals surface area contributed by atoms with Crippen molar-refractivity contribution in [3.63, 3.8) is 0 Å². The maximum Gasteiger partial charge on any atom is 0.319 e. The number of nitriles is 1. The summed E-state index contributed by atoms with van der Waals surface area (Å²) >= 11 is 0. The number of carbonyl (C=O) groups is 1. The number of phenols is 1. The number of benzene rings is 3. The number of hydrogen-bond acceptors (Lipinski definition) is 9. The maximum atomic E-state index is 17.3. The normalized spacial score (nSPS) is 25.4. The van der Waals surface area contributed by atoms with Crippen LogP contribution in [-0.4, -0.2) is 76.2 Å². The molecule has 50 heavy (non-hydrogen) atoms. The highest BCUT2D eigenvalue weighted by Crippen LogP contribution is 2.50. The molecule has 4 bridgehead atoms. The van der Waals surface area contributed by atoms with Crippen molar-refractivity contribution in [1.29, 1.82) is 5.26 Å². The third-order valence-electron chi connectivity index (χ3n) is 12.0. The number of nitrogens with zero attached hydrogens (tertiary/aromatic N) is 5. The number of aromatic nitrogens is 2. The zero-order valence-corrected chi connectivity index (χ0v) is 28.1. The van der Waals surface area contributed by atoms with Crippen molar-refractivity contribution in [2.45, 2.75) is 88.9 Å². The van der Waals surface area contributed by atoms with E-state index in [0.717, 1.165) is 45.1 Å². The monoisotopic (exact) mass is 678 g/mol. The van der Waals surface area contributed by atoms with Crippen LogP contribution in [0.1, 0.15) is 69.4 Å². The van der Waals surface area contributed by atoms with Gasteiger partial charge in [-0.1, -0.05) is 13.0 Å². The average molecular weight is 679 g/mol. The summed E-state index contributed by atoms with van der Waals surface area (Å²) in [5, 5.41) is 26.2. The topological polar surface area (TPSA) is 115 Å². The molecule has 4 aliphatic heterocycles. The van der Waals surface area contributed by atoms with Crippen LogP contribution >= 0.6 is 0 Å². The van der Waals surface area contributed by atoms with E-state index in [1.54, 1.807) is 12.1 Å². The summed E-state index contributed by atoms with van der Waals surface area (Å²) in [6.07, 6.45) is 7.81. The molecule has 11 heteroatoms. The number of anilines is 1. The van der Waals surface area contributed by atoms with Crippen LogP contribution in [0.25, 0.3) is 32.8 Å². The summed E-state index contributed by atoms with van der Waals surface area (Å²) < 4.78 is 38.8. The summed E-state index contributed by atoms with van der Waals surface area (Å²) in [6.45, 7) is 4.44. The zero-order valence-electron chi connectivity index (χ0n) is 28.1. The van der Waals surface area contributed by atoms with Gasteiger partial charge in [0.25, 0.3) is 0 Å². The van der Waals surface area contributed by atoms with E-state index in [9.17, 15) is 15.2 Å². The Morgan fingerprint density at radius 1 is 1.06 bits per heavy atom. The van der Waals surface area contributed by atoms with E-state index >= 15 is 8.78 Å². The summed E-state index contributed by atoms with van der Waals surface area (Å²) in [7, 11) is 0. The van der Waals surface area contributed by atoms with E-state index < -0.39 is 11.6 Å². The quantitative estimate of drug-likeness (QED) is 0.226. The van der Waals surface area contributed by atoms with E-state index in [4.69, 9.17) is 9.72 Å². The fourth-order valence-corrected chi connectivity index (χ4v) is 9.31.